The van der Waals surface area contributed by atoms with Crippen molar-refractivity contribution in [1.29, 1.82) is 0 Å². The summed E-state index contributed by atoms with van der Waals surface area (Å²) in [6.07, 6.45) is 0.850. The van der Waals surface area contributed by atoms with Gasteiger partial charge in [-0.05, 0) is 42.5 Å². The maximum absolute atomic E-state index is 13.5. The Labute approximate surface area is 245 Å². The third-order valence-corrected chi connectivity index (χ3v) is 6.88. The molecule has 1 aromatic carbocycles. The Morgan fingerprint density at radius 1 is 1.05 bits per heavy atom. The summed E-state index contributed by atoms with van der Waals surface area (Å²) >= 11 is 0. The Bertz CT molecular complexity index is 1110. The van der Waals surface area contributed by atoms with Gasteiger partial charge in [-0.3, -0.25) is 24.0 Å². The molecule has 2 aliphatic rings. The lowest BCUT2D eigenvalue weighted by molar-refractivity contribution is -0.148. The highest BCUT2D eigenvalue weighted by Crippen LogP contribution is 2.20. The summed E-state index contributed by atoms with van der Waals surface area (Å²) in [5.74, 6) is -2.28. The number of nitrogens with one attached hydrogen (secondary N) is 3. The van der Waals surface area contributed by atoms with E-state index in [2.05, 4.69) is 16.0 Å². The average Bonchev–Trinajstić information content (AvgIpc) is 2.92. The van der Waals surface area contributed by atoms with Crippen molar-refractivity contribution in [1.82, 2.24) is 25.8 Å². The van der Waals surface area contributed by atoms with Gasteiger partial charge in [0.1, 0.15) is 18.5 Å². The van der Waals surface area contributed by atoms with Gasteiger partial charge in [0.15, 0.2) is 0 Å². The van der Waals surface area contributed by atoms with Gasteiger partial charge < -0.3 is 35.2 Å². The van der Waals surface area contributed by atoms with Gasteiger partial charge in [-0.1, -0.05) is 20.8 Å². The molecular formula is C29H42FN5O7. The van der Waals surface area contributed by atoms with Crippen LogP contribution in [0.5, 0.6) is 0 Å². The van der Waals surface area contributed by atoms with Crippen molar-refractivity contribution in [3.05, 3.63) is 35.6 Å². The van der Waals surface area contributed by atoms with Gasteiger partial charge in [-0.25, -0.2) is 4.39 Å². The zero-order valence-corrected chi connectivity index (χ0v) is 24.6. The first kappa shape index (κ1) is 32.9. The van der Waals surface area contributed by atoms with Gasteiger partial charge in [0.05, 0.1) is 26.4 Å². The summed E-state index contributed by atoms with van der Waals surface area (Å²) in [7, 11) is 0. The molecule has 2 atom stereocenters. The lowest BCUT2D eigenvalue weighted by atomic mass is 9.92. The molecule has 0 aliphatic carbocycles. The predicted octanol–water partition coefficient (Wildman–Crippen LogP) is 0.459. The van der Waals surface area contributed by atoms with Crippen LogP contribution in [0.15, 0.2) is 24.3 Å². The van der Waals surface area contributed by atoms with Crippen LogP contribution in [-0.4, -0.2) is 111 Å². The molecule has 3 N–H and O–H groups in total. The number of hydrogen-bond donors (Lipinski definition) is 3. The number of hydrogen-bond acceptors (Lipinski definition) is 7. The van der Waals surface area contributed by atoms with Gasteiger partial charge >= 0.3 is 0 Å². The molecule has 0 bridgehead atoms. The van der Waals surface area contributed by atoms with Crippen LogP contribution in [0.25, 0.3) is 0 Å². The lowest BCUT2D eigenvalue weighted by Crippen LogP contribution is -2.59. The van der Waals surface area contributed by atoms with Crippen molar-refractivity contribution < 1.29 is 37.8 Å². The van der Waals surface area contributed by atoms with E-state index in [1.165, 1.54) is 34.1 Å². The van der Waals surface area contributed by atoms with Gasteiger partial charge in [0.25, 0.3) is 5.91 Å². The minimum atomic E-state index is -0.894. The topological polar surface area (TPSA) is 146 Å². The van der Waals surface area contributed by atoms with Gasteiger partial charge in [-0.15, -0.1) is 0 Å². The maximum atomic E-state index is 13.5. The summed E-state index contributed by atoms with van der Waals surface area (Å²) < 4.78 is 24.2. The molecule has 0 unspecified atom stereocenters. The fourth-order valence-corrected chi connectivity index (χ4v) is 4.77. The monoisotopic (exact) mass is 591 g/mol. The number of benzene rings is 1. The number of piperidine rings is 1. The van der Waals surface area contributed by atoms with Crippen molar-refractivity contribution in [2.45, 2.75) is 52.1 Å². The maximum Gasteiger partial charge on any atom is 0.251 e. The number of carbonyl (C=O) groups is 5. The van der Waals surface area contributed by atoms with Gasteiger partial charge in [0, 0.05) is 44.2 Å². The Balaban J connectivity index is 1.71. The van der Waals surface area contributed by atoms with Crippen molar-refractivity contribution in [3.8, 4) is 0 Å². The zero-order valence-electron chi connectivity index (χ0n) is 24.6. The number of ether oxygens (including phenoxy) is 2. The largest absolute Gasteiger partial charge is 0.377 e. The van der Waals surface area contributed by atoms with E-state index in [1.54, 1.807) is 0 Å². The van der Waals surface area contributed by atoms with E-state index in [0.29, 0.717) is 12.8 Å². The van der Waals surface area contributed by atoms with Crippen LogP contribution in [-0.2, 0) is 28.7 Å². The lowest BCUT2D eigenvalue weighted by Gasteiger charge is -2.39. The molecule has 0 saturated carbocycles. The van der Waals surface area contributed by atoms with Crippen molar-refractivity contribution in [3.63, 3.8) is 0 Å². The number of amides is 5. The van der Waals surface area contributed by atoms with Gasteiger partial charge in [0.2, 0.25) is 23.6 Å². The summed E-state index contributed by atoms with van der Waals surface area (Å²) in [6.45, 7) is 6.50. The first-order valence-electron chi connectivity index (χ1n) is 14.3. The number of carbonyl (C=O) groups excluding carboxylic acids is 5. The fourth-order valence-electron chi connectivity index (χ4n) is 4.77. The first-order valence-corrected chi connectivity index (χ1v) is 14.3. The van der Waals surface area contributed by atoms with Crippen LogP contribution >= 0.6 is 0 Å². The molecule has 3 rings (SSSR count). The normalized spacial score (nSPS) is 21.5. The van der Waals surface area contributed by atoms with Crippen molar-refractivity contribution >= 4 is 29.5 Å². The van der Waals surface area contributed by atoms with E-state index in [0.717, 1.165) is 0 Å². The van der Waals surface area contributed by atoms with Crippen molar-refractivity contribution in [2.75, 3.05) is 59.2 Å². The summed E-state index contributed by atoms with van der Waals surface area (Å²) in [4.78, 5) is 67.5. The zero-order chi connectivity index (χ0) is 30.7. The van der Waals surface area contributed by atoms with E-state index in [4.69, 9.17) is 9.47 Å². The predicted molar refractivity (Wildman–Crippen MR) is 151 cm³/mol. The SMILES string of the molecule is CC(C)(C)CC(=O)NCCN1CC(=O)N2CC[C@@H](NC(=O)c3ccc(F)cc3)C[C@H]2C(=O)NCCOCCOCC1=O. The molecule has 2 saturated heterocycles. The van der Waals surface area contributed by atoms with Crippen LogP contribution < -0.4 is 16.0 Å². The number of rotatable bonds is 6. The average molecular weight is 592 g/mol. The Kier molecular flexibility index (Phi) is 12.2. The van der Waals surface area contributed by atoms with E-state index in [9.17, 15) is 28.4 Å². The van der Waals surface area contributed by atoms with Gasteiger partial charge in [-0.2, -0.15) is 0 Å². The molecule has 2 fully saturated rings. The summed E-state index contributed by atoms with van der Waals surface area (Å²) in [6, 6.07) is 3.83. The molecule has 13 heteroatoms. The molecule has 2 aliphatic heterocycles. The standard InChI is InChI=1S/C29H42FN5O7/c1-29(2,3)17-24(36)31-9-12-34-18-25(37)35-11-8-22(33-27(39)20-4-6-21(30)7-5-20)16-23(35)28(40)32-10-13-41-14-15-42-19-26(34)38/h4-7,22-23H,8-19H2,1-3H3,(H,31,36)(H,32,40)(H,33,39)/t22-,23+/m1/s1. The highest BCUT2D eigenvalue weighted by Gasteiger charge is 2.37. The molecule has 1 aromatic rings. The minimum absolute atomic E-state index is 0.0847. The van der Waals surface area contributed by atoms with Crippen LogP contribution in [0.4, 0.5) is 4.39 Å². The fraction of sp³-hybridized carbons (Fsp3) is 0.621. The Morgan fingerprint density at radius 2 is 1.76 bits per heavy atom. The molecule has 0 aromatic heterocycles. The van der Waals surface area contributed by atoms with Crippen LogP contribution in [0.3, 0.4) is 0 Å². The quantitative estimate of drug-likeness (QED) is 0.436. The van der Waals surface area contributed by atoms with E-state index < -0.39 is 41.5 Å². The second kappa shape index (κ2) is 15.6. The Hall–Kier alpha value is -3.58. The molecule has 2 heterocycles. The Morgan fingerprint density at radius 3 is 2.48 bits per heavy atom. The molecule has 12 nitrogen and oxygen atoms in total. The third kappa shape index (κ3) is 10.7. The van der Waals surface area contributed by atoms with E-state index >= 15 is 0 Å². The number of halogens is 1. The summed E-state index contributed by atoms with van der Waals surface area (Å²) in [5.41, 5.74) is 0.0829. The van der Waals surface area contributed by atoms with Crippen molar-refractivity contribution in [2.24, 2.45) is 5.41 Å². The van der Waals surface area contributed by atoms with Crippen LogP contribution in [0.2, 0.25) is 0 Å². The van der Waals surface area contributed by atoms with E-state index in [1.807, 2.05) is 20.8 Å². The molecule has 5 amide bonds. The third-order valence-electron chi connectivity index (χ3n) is 6.88. The second-order valence-electron chi connectivity index (χ2n) is 11.7. The number of nitrogens with zero attached hydrogens (tertiary/aromatic N) is 2. The smallest absolute Gasteiger partial charge is 0.251 e. The molecule has 42 heavy (non-hydrogen) atoms. The van der Waals surface area contributed by atoms with E-state index in [-0.39, 0.29) is 82.5 Å². The first-order chi connectivity index (χ1) is 19.9. The van der Waals surface area contributed by atoms with Crippen LogP contribution in [0, 0.1) is 11.2 Å². The number of fused-ring (bicyclic) bond motifs is 1. The molecule has 0 spiro atoms. The van der Waals surface area contributed by atoms with Crippen LogP contribution in [0.1, 0.15) is 50.4 Å². The summed E-state index contributed by atoms with van der Waals surface area (Å²) in [5, 5.41) is 8.46. The molecule has 232 valence electrons. The molecular weight excluding hydrogens is 549 g/mol. The highest BCUT2D eigenvalue weighted by atomic mass is 19.1. The molecule has 0 radical (unpaired) electrons. The minimum Gasteiger partial charge on any atom is -0.377 e. The highest BCUT2D eigenvalue weighted by molar-refractivity contribution is 5.95. The second-order valence-corrected chi connectivity index (χ2v) is 11.7.